The fourth-order valence-corrected chi connectivity index (χ4v) is 12.4. The number of rotatable bonds is 13. The van der Waals surface area contributed by atoms with E-state index in [2.05, 4.69) is 33.8 Å². The summed E-state index contributed by atoms with van der Waals surface area (Å²) in [7, 11) is 1.62. The molecule has 6 aromatic rings. The summed E-state index contributed by atoms with van der Waals surface area (Å²) < 4.78 is 39.3. The highest BCUT2D eigenvalue weighted by atomic mass is 32.2. The maximum Gasteiger partial charge on any atom is 0.332 e. The molecule has 0 amide bonds. The maximum atomic E-state index is 13.2. The summed E-state index contributed by atoms with van der Waals surface area (Å²) in [6, 6.07) is 0. The van der Waals surface area contributed by atoms with E-state index in [1.807, 2.05) is 41.4 Å². The molecule has 25 heteroatoms. The SMILES string of the molecule is CC1(O)CCC(C)(COS(C)(=O)=O)CC1.Cn1c(=O)[nH]c(=O)c2c1ncn2CC1CC1.Cn1c(=O)n(CC2(C)CCC(C)(O)CC2)c(=O)c2c1ncn2CC1CC1.Cn1c(=O)n(CC2(C)CCC(C)(O)CC2)c(=O)c2c1ncn2CC1CC1. The van der Waals surface area contributed by atoms with Gasteiger partial charge in [-0.1, -0.05) is 20.8 Å². The quantitative estimate of drug-likeness (QED) is 0.117. The van der Waals surface area contributed by atoms with Crippen LogP contribution in [-0.4, -0.2) is 110 Å². The number of hydrogen-bond donors (Lipinski definition) is 4. The Labute approximate surface area is 482 Å². The minimum atomic E-state index is -3.35. The Morgan fingerprint density at radius 1 is 0.506 bits per heavy atom. The first kappa shape index (κ1) is 61.8. The lowest BCUT2D eigenvalue weighted by Gasteiger charge is -2.40. The molecule has 0 saturated heterocycles. The number of fused-ring (bicyclic) bond motifs is 3. The van der Waals surface area contributed by atoms with Gasteiger partial charge in [-0.3, -0.25) is 46.4 Å². The summed E-state index contributed by atoms with van der Waals surface area (Å²) in [6.07, 6.45) is 22.3. The number of nitrogens with zero attached hydrogens (tertiary/aromatic N) is 11. The zero-order valence-electron chi connectivity index (χ0n) is 50.3. The van der Waals surface area contributed by atoms with Gasteiger partial charge in [-0.2, -0.15) is 8.42 Å². The van der Waals surface area contributed by atoms with Crippen molar-refractivity contribution in [3.05, 3.63) is 81.5 Å². The van der Waals surface area contributed by atoms with Crippen LogP contribution in [0.15, 0.2) is 47.7 Å². The van der Waals surface area contributed by atoms with Crippen LogP contribution in [0.3, 0.4) is 0 Å². The van der Waals surface area contributed by atoms with E-state index >= 15 is 0 Å². The molecule has 4 N–H and O–H groups in total. The van der Waals surface area contributed by atoms with Crippen LogP contribution in [0.25, 0.3) is 33.5 Å². The highest BCUT2D eigenvalue weighted by Crippen LogP contribution is 2.44. The zero-order chi connectivity index (χ0) is 60.4. The highest BCUT2D eigenvalue weighted by molar-refractivity contribution is 7.86. The van der Waals surface area contributed by atoms with Crippen molar-refractivity contribution in [2.45, 2.75) is 207 Å². The van der Waals surface area contributed by atoms with Crippen LogP contribution in [0.1, 0.15) is 157 Å². The van der Waals surface area contributed by atoms with Gasteiger partial charge in [-0.05, 0) is 170 Å². The first-order valence-electron chi connectivity index (χ1n) is 29.6. The van der Waals surface area contributed by atoms with Crippen molar-refractivity contribution in [3.8, 4) is 0 Å². The van der Waals surface area contributed by atoms with Crippen molar-refractivity contribution in [2.24, 2.45) is 55.1 Å². The number of aromatic nitrogens is 12. The first-order chi connectivity index (χ1) is 38.7. The maximum absolute atomic E-state index is 13.2. The van der Waals surface area contributed by atoms with Gasteiger partial charge in [0.2, 0.25) is 0 Å². The standard InChI is InChI=1S/2C19H28N4O3.C10H12N4O2.C10H20O4S/c2*1-18(6-8-19(2,26)9-7-18)11-23-16(24)14-15(21(3)17(23)25)20-12-22(14)10-13-4-5-13;1-13-8-7(9(15)12-10(13)16)14(5-11-8)4-6-2-3-6;1-9(8-14-15(3,12)13)4-6-10(2,11)7-5-9/h2*12-13,26H,4-11H2,1-3H3;5-6H,2-4H2,1H3,(H,12,15,16);11H,4-8H2,1-3H3. The lowest BCUT2D eigenvalue weighted by atomic mass is 9.70. The van der Waals surface area contributed by atoms with Gasteiger partial charge in [0.25, 0.3) is 26.8 Å². The number of aromatic amines is 1. The van der Waals surface area contributed by atoms with Gasteiger partial charge in [0, 0.05) is 53.9 Å². The van der Waals surface area contributed by atoms with E-state index in [1.54, 1.807) is 40.1 Å². The second-order valence-corrected chi connectivity index (χ2v) is 29.4. The average Bonchev–Trinajstić information content (AvgIpc) is 4.24. The van der Waals surface area contributed by atoms with E-state index in [-0.39, 0.29) is 50.9 Å². The molecular weight excluding hydrogens is 1090 g/mol. The van der Waals surface area contributed by atoms with Crippen LogP contribution >= 0.6 is 0 Å². The highest BCUT2D eigenvalue weighted by Gasteiger charge is 2.40. The van der Waals surface area contributed by atoms with Gasteiger partial charge in [-0.25, -0.2) is 29.3 Å². The molecular formula is C58H88N12O12S. The molecule has 0 radical (unpaired) electrons. The second kappa shape index (κ2) is 22.9. The number of imidazole rings is 3. The Balaban J connectivity index is 0.000000137. The molecule has 6 fully saturated rings. The van der Waals surface area contributed by atoms with E-state index in [9.17, 15) is 52.5 Å². The van der Waals surface area contributed by atoms with Crippen molar-refractivity contribution in [1.29, 1.82) is 0 Å². The van der Waals surface area contributed by atoms with E-state index in [0.29, 0.717) is 103 Å². The molecule has 458 valence electrons. The van der Waals surface area contributed by atoms with Gasteiger partial charge in [-0.15, -0.1) is 0 Å². The summed E-state index contributed by atoms with van der Waals surface area (Å²) in [6.45, 7) is 15.2. The minimum absolute atomic E-state index is 0.120. The van der Waals surface area contributed by atoms with Crippen molar-refractivity contribution in [3.63, 3.8) is 0 Å². The number of hydrogen-bond acceptors (Lipinski definition) is 15. The molecule has 6 aromatic heterocycles. The number of H-pyrrole nitrogens is 1. The molecule has 6 heterocycles. The molecule has 0 aromatic carbocycles. The molecule has 12 rings (SSSR count). The lowest BCUT2D eigenvalue weighted by Crippen LogP contribution is -2.45. The molecule has 0 spiro atoms. The Hall–Kier alpha value is -5.76. The monoisotopic (exact) mass is 1180 g/mol. The van der Waals surface area contributed by atoms with Crippen LogP contribution < -0.4 is 33.7 Å². The van der Waals surface area contributed by atoms with Crippen molar-refractivity contribution in [1.82, 2.24) is 56.5 Å². The van der Waals surface area contributed by atoms with Gasteiger partial charge in [0.1, 0.15) is 0 Å². The summed E-state index contributed by atoms with van der Waals surface area (Å²) in [5.41, 5.74) is -1.22. The molecule has 6 saturated carbocycles. The third-order valence-electron chi connectivity index (χ3n) is 18.8. The Morgan fingerprint density at radius 3 is 1.14 bits per heavy atom. The molecule has 83 heavy (non-hydrogen) atoms. The van der Waals surface area contributed by atoms with Gasteiger partial charge >= 0.3 is 17.1 Å². The van der Waals surface area contributed by atoms with Crippen molar-refractivity contribution < 1.29 is 27.9 Å². The predicted octanol–water partition coefficient (Wildman–Crippen LogP) is 4.40. The zero-order valence-corrected chi connectivity index (χ0v) is 51.1. The van der Waals surface area contributed by atoms with Crippen LogP contribution in [0.4, 0.5) is 0 Å². The van der Waals surface area contributed by atoms with Crippen LogP contribution in [0.2, 0.25) is 0 Å². The number of nitrogens with one attached hydrogen (secondary N) is 1. The van der Waals surface area contributed by atoms with Crippen LogP contribution in [-0.2, 0) is 68.2 Å². The number of aliphatic hydroxyl groups is 3. The lowest BCUT2D eigenvalue weighted by molar-refractivity contribution is -0.0259. The third kappa shape index (κ3) is 14.7. The topological polar surface area (TPSA) is 300 Å². The third-order valence-corrected chi connectivity index (χ3v) is 19.4. The molecule has 0 aliphatic heterocycles. The summed E-state index contributed by atoms with van der Waals surface area (Å²) in [5, 5.41) is 30.2. The normalized spacial score (nSPS) is 28.3. The first-order valence-corrected chi connectivity index (χ1v) is 31.4. The van der Waals surface area contributed by atoms with Crippen LogP contribution in [0, 0.1) is 34.0 Å². The fourth-order valence-electron chi connectivity index (χ4n) is 11.9. The molecule has 24 nitrogen and oxygen atoms in total. The summed E-state index contributed by atoms with van der Waals surface area (Å²) in [5.74, 6) is 1.90. The van der Waals surface area contributed by atoms with Gasteiger partial charge in [0.05, 0.1) is 48.6 Å². The Bertz CT molecular complexity index is 3680. The largest absolute Gasteiger partial charge is 0.390 e. The van der Waals surface area contributed by atoms with E-state index < -0.39 is 32.6 Å². The summed E-state index contributed by atoms with van der Waals surface area (Å²) >= 11 is 0. The number of aryl methyl sites for hydroxylation is 3. The van der Waals surface area contributed by atoms with Crippen LogP contribution in [0.5, 0.6) is 0 Å². The van der Waals surface area contributed by atoms with Crippen molar-refractivity contribution >= 4 is 43.6 Å². The molecule has 0 atom stereocenters. The smallest absolute Gasteiger partial charge is 0.332 e. The predicted molar refractivity (Wildman–Crippen MR) is 315 cm³/mol. The van der Waals surface area contributed by atoms with E-state index in [1.165, 1.54) is 61.4 Å². The average molecular weight is 1180 g/mol. The summed E-state index contributed by atoms with van der Waals surface area (Å²) in [4.78, 5) is 90.1. The molecule has 6 aliphatic rings. The second-order valence-electron chi connectivity index (χ2n) is 27.7. The van der Waals surface area contributed by atoms with E-state index in [0.717, 1.165) is 64.4 Å². The van der Waals surface area contributed by atoms with Gasteiger partial charge in [0.15, 0.2) is 33.5 Å². The van der Waals surface area contributed by atoms with Crippen molar-refractivity contribution in [2.75, 3.05) is 12.9 Å². The van der Waals surface area contributed by atoms with E-state index in [4.69, 9.17) is 4.18 Å². The molecule has 0 unspecified atom stereocenters. The molecule has 0 bridgehead atoms. The van der Waals surface area contributed by atoms with Gasteiger partial charge < -0.3 is 29.0 Å². The minimum Gasteiger partial charge on any atom is -0.390 e. The Morgan fingerprint density at radius 2 is 0.819 bits per heavy atom. The Kier molecular flexibility index (Phi) is 17.1. The molecule has 6 aliphatic carbocycles. The fraction of sp³-hybridized carbons (Fsp3) is 0.741.